The lowest BCUT2D eigenvalue weighted by Crippen LogP contribution is -2.13. The molecule has 0 radical (unpaired) electrons. The molecule has 1 N–H and O–H groups in total. The van der Waals surface area contributed by atoms with Crippen LogP contribution in [0.5, 0.6) is 23.0 Å². The fourth-order valence-corrected chi connectivity index (χ4v) is 2.07. The van der Waals surface area contributed by atoms with Crippen LogP contribution in [-0.4, -0.2) is 34.3 Å². The van der Waals surface area contributed by atoms with Crippen molar-refractivity contribution in [3.63, 3.8) is 0 Å². The molecule has 0 saturated carbocycles. The van der Waals surface area contributed by atoms with Crippen LogP contribution in [0.15, 0.2) is 36.4 Å². The number of hydrogen-bond acceptors (Lipinski definition) is 5. The van der Waals surface area contributed by atoms with Gasteiger partial charge in [-0.1, -0.05) is 0 Å². The van der Waals surface area contributed by atoms with Crippen LogP contribution < -0.4 is 24.3 Å². The number of nitrogens with one attached hydrogen (secondary N) is 1. The molecule has 0 saturated heterocycles. The zero-order valence-corrected chi connectivity index (χ0v) is 13.5. The van der Waals surface area contributed by atoms with Crippen LogP contribution in [0.3, 0.4) is 0 Å². The molecule has 0 bridgehead atoms. The van der Waals surface area contributed by atoms with E-state index >= 15 is 0 Å². The van der Waals surface area contributed by atoms with E-state index in [4.69, 9.17) is 18.9 Å². The first kappa shape index (κ1) is 16.5. The minimum atomic E-state index is -0.283. The zero-order valence-electron chi connectivity index (χ0n) is 13.5. The summed E-state index contributed by atoms with van der Waals surface area (Å²) in [4.78, 5) is 12.4. The van der Waals surface area contributed by atoms with Crippen LogP contribution in [0.2, 0.25) is 0 Å². The zero-order chi connectivity index (χ0) is 16.8. The van der Waals surface area contributed by atoms with Crippen LogP contribution >= 0.6 is 0 Å². The van der Waals surface area contributed by atoms with Crippen molar-refractivity contribution in [2.24, 2.45) is 0 Å². The predicted molar refractivity (Wildman–Crippen MR) is 87.0 cm³/mol. The van der Waals surface area contributed by atoms with Crippen molar-refractivity contribution >= 4 is 11.6 Å². The first-order valence-electron chi connectivity index (χ1n) is 6.88. The lowest BCUT2D eigenvalue weighted by atomic mass is 10.1. The Morgan fingerprint density at radius 1 is 0.783 bits per heavy atom. The van der Waals surface area contributed by atoms with E-state index in [9.17, 15) is 4.79 Å². The number of amides is 1. The maximum atomic E-state index is 12.4. The quantitative estimate of drug-likeness (QED) is 0.887. The van der Waals surface area contributed by atoms with Crippen molar-refractivity contribution in [1.82, 2.24) is 0 Å². The molecule has 0 heterocycles. The summed E-state index contributed by atoms with van der Waals surface area (Å²) < 4.78 is 20.8. The summed E-state index contributed by atoms with van der Waals surface area (Å²) in [6.07, 6.45) is 0. The van der Waals surface area contributed by atoms with E-state index in [1.165, 1.54) is 14.2 Å². The normalized spacial score (nSPS) is 9.91. The lowest BCUT2D eigenvalue weighted by molar-refractivity contribution is 0.102. The standard InChI is InChI=1S/C17H19NO5/c1-20-12-6-7-13(15(10-12)22-3)18-17(19)11-5-8-14(21-2)16(9-11)23-4/h5-10H,1-4H3,(H,18,19). The SMILES string of the molecule is COc1ccc(NC(=O)c2ccc(OC)c(OC)c2)c(OC)c1. The fraction of sp³-hybridized carbons (Fsp3) is 0.235. The Balaban J connectivity index is 2.25. The average molecular weight is 317 g/mol. The molecule has 122 valence electrons. The van der Waals surface area contributed by atoms with Gasteiger partial charge in [0, 0.05) is 11.6 Å². The topological polar surface area (TPSA) is 66.0 Å². The smallest absolute Gasteiger partial charge is 0.255 e. The second-order valence-corrected chi connectivity index (χ2v) is 4.59. The van der Waals surface area contributed by atoms with Crippen molar-refractivity contribution in [1.29, 1.82) is 0 Å². The van der Waals surface area contributed by atoms with Gasteiger partial charge in [-0.25, -0.2) is 0 Å². The van der Waals surface area contributed by atoms with Crippen LogP contribution in [0, 0.1) is 0 Å². The van der Waals surface area contributed by atoms with Crippen molar-refractivity contribution in [2.75, 3.05) is 33.8 Å². The Morgan fingerprint density at radius 3 is 2.09 bits per heavy atom. The van der Waals surface area contributed by atoms with Crippen LogP contribution in [0.4, 0.5) is 5.69 Å². The molecule has 0 aromatic heterocycles. The van der Waals surface area contributed by atoms with Crippen LogP contribution in [0.25, 0.3) is 0 Å². The lowest BCUT2D eigenvalue weighted by Gasteiger charge is -2.13. The Hall–Kier alpha value is -2.89. The average Bonchev–Trinajstić information content (AvgIpc) is 2.61. The third-order valence-corrected chi connectivity index (χ3v) is 3.30. The van der Waals surface area contributed by atoms with Gasteiger partial charge in [-0.05, 0) is 30.3 Å². The van der Waals surface area contributed by atoms with Crippen LogP contribution in [0.1, 0.15) is 10.4 Å². The highest BCUT2D eigenvalue weighted by Crippen LogP contribution is 2.31. The maximum Gasteiger partial charge on any atom is 0.255 e. The Labute approximate surface area is 134 Å². The Morgan fingerprint density at radius 2 is 1.48 bits per heavy atom. The number of ether oxygens (including phenoxy) is 4. The molecule has 2 aromatic rings. The molecule has 0 spiro atoms. The van der Waals surface area contributed by atoms with E-state index in [-0.39, 0.29) is 5.91 Å². The minimum absolute atomic E-state index is 0.283. The van der Waals surface area contributed by atoms with Crippen LogP contribution in [-0.2, 0) is 0 Å². The first-order valence-corrected chi connectivity index (χ1v) is 6.88. The van der Waals surface area contributed by atoms with Gasteiger partial charge in [0.25, 0.3) is 5.91 Å². The van der Waals surface area contributed by atoms with Gasteiger partial charge in [0.2, 0.25) is 0 Å². The summed E-state index contributed by atoms with van der Waals surface area (Å²) in [5, 5.41) is 2.80. The Kier molecular flexibility index (Phi) is 5.30. The summed E-state index contributed by atoms with van der Waals surface area (Å²) in [5.74, 6) is 1.92. The number of carbonyl (C=O) groups excluding carboxylic acids is 1. The molecule has 0 aliphatic heterocycles. The molecule has 2 rings (SSSR count). The van der Waals surface area contributed by atoms with Crippen molar-refractivity contribution < 1.29 is 23.7 Å². The molecule has 0 unspecified atom stereocenters. The highest BCUT2D eigenvalue weighted by molar-refractivity contribution is 6.05. The van der Waals surface area contributed by atoms with Gasteiger partial charge in [-0.3, -0.25) is 4.79 Å². The molecule has 1 amide bonds. The van der Waals surface area contributed by atoms with E-state index in [1.807, 2.05) is 0 Å². The predicted octanol–water partition coefficient (Wildman–Crippen LogP) is 2.97. The number of anilines is 1. The molecule has 2 aromatic carbocycles. The largest absolute Gasteiger partial charge is 0.497 e. The minimum Gasteiger partial charge on any atom is -0.497 e. The summed E-state index contributed by atoms with van der Waals surface area (Å²) in [5.41, 5.74) is 0.994. The van der Waals surface area contributed by atoms with Gasteiger partial charge in [-0.15, -0.1) is 0 Å². The molecule has 6 heteroatoms. The molecule has 23 heavy (non-hydrogen) atoms. The number of methoxy groups -OCH3 is 4. The van der Waals surface area contributed by atoms with Gasteiger partial charge in [0.1, 0.15) is 11.5 Å². The van der Waals surface area contributed by atoms with E-state index in [0.717, 1.165) is 0 Å². The second-order valence-electron chi connectivity index (χ2n) is 4.59. The summed E-state index contributed by atoms with van der Waals surface area (Å²) in [7, 11) is 6.16. The monoisotopic (exact) mass is 317 g/mol. The van der Waals surface area contributed by atoms with Gasteiger partial charge < -0.3 is 24.3 Å². The second kappa shape index (κ2) is 7.40. The molecule has 0 atom stereocenters. The van der Waals surface area contributed by atoms with Crippen molar-refractivity contribution in [2.45, 2.75) is 0 Å². The number of hydrogen-bond donors (Lipinski definition) is 1. The third kappa shape index (κ3) is 3.66. The number of rotatable bonds is 6. The molecular formula is C17H19NO5. The van der Waals surface area contributed by atoms with Gasteiger partial charge in [0.15, 0.2) is 11.5 Å². The maximum absolute atomic E-state index is 12.4. The third-order valence-electron chi connectivity index (χ3n) is 3.30. The molecular weight excluding hydrogens is 298 g/mol. The Bertz CT molecular complexity index is 699. The summed E-state index contributed by atoms with van der Waals surface area (Å²) in [6.45, 7) is 0. The molecule has 6 nitrogen and oxygen atoms in total. The molecule has 0 aliphatic rings. The number of carbonyl (C=O) groups is 1. The van der Waals surface area contributed by atoms with Gasteiger partial charge in [0.05, 0.1) is 34.1 Å². The van der Waals surface area contributed by atoms with Gasteiger partial charge in [-0.2, -0.15) is 0 Å². The first-order chi connectivity index (χ1) is 11.1. The van der Waals surface area contributed by atoms with Gasteiger partial charge >= 0.3 is 0 Å². The highest BCUT2D eigenvalue weighted by atomic mass is 16.5. The molecule has 0 aliphatic carbocycles. The summed E-state index contributed by atoms with van der Waals surface area (Å²) in [6, 6.07) is 10.1. The summed E-state index contributed by atoms with van der Waals surface area (Å²) >= 11 is 0. The van der Waals surface area contributed by atoms with E-state index < -0.39 is 0 Å². The van der Waals surface area contributed by atoms with Crippen molar-refractivity contribution in [3.05, 3.63) is 42.0 Å². The van der Waals surface area contributed by atoms with E-state index in [2.05, 4.69) is 5.32 Å². The molecule has 0 fully saturated rings. The highest BCUT2D eigenvalue weighted by Gasteiger charge is 2.13. The number of benzene rings is 2. The van der Waals surface area contributed by atoms with Crippen molar-refractivity contribution in [3.8, 4) is 23.0 Å². The van der Waals surface area contributed by atoms with E-state index in [1.54, 1.807) is 50.6 Å². The fourth-order valence-electron chi connectivity index (χ4n) is 2.07. The van der Waals surface area contributed by atoms with E-state index in [0.29, 0.717) is 34.2 Å².